The number of benzene rings is 1. The van der Waals surface area contributed by atoms with Gasteiger partial charge in [0.1, 0.15) is 0 Å². The van der Waals surface area contributed by atoms with Gasteiger partial charge in [0, 0.05) is 12.2 Å². The molecule has 1 rings (SSSR count). The van der Waals surface area contributed by atoms with Crippen LogP contribution in [0.3, 0.4) is 0 Å². The molecule has 0 aliphatic rings. The molecule has 1 amide bonds. The highest BCUT2D eigenvalue weighted by atomic mass is 16.5. The Morgan fingerprint density at radius 3 is 2.61 bits per heavy atom. The smallest absolute Gasteiger partial charge is 0.265 e. The van der Waals surface area contributed by atoms with Crippen molar-refractivity contribution in [3.63, 3.8) is 0 Å². The van der Waals surface area contributed by atoms with E-state index >= 15 is 0 Å². The molecule has 3 N–H and O–H groups in total. The van der Waals surface area contributed by atoms with E-state index in [2.05, 4.69) is 5.43 Å². The summed E-state index contributed by atoms with van der Waals surface area (Å²) in [5.74, 6) is 4.75. The Hall–Kier alpha value is -1.43. The van der Waals surface area contributed by atoms with Crippen molar-refractivity contribution in [2.45, 2.75) is 26.6 Å². The molecule has 5 nitrogen and oxygen atoms in total. The van der Waals surface area contributed by atoms with E-state index in [0.717, 1.165) is 5.56 Å². The molecule has 1 aromatic carbocycles. The summed E-state index contributed by atoms with van der Waals surface area (Å²) in [6.07, 6.45) is 0.0527. The van der Waals surface area contributed by atoms with Crippen LogP contribution in [-0.2, 0) is 16.1 Å². The molecule has 0 aliphatic carbocycles. The molecule has 0 radical (unpaired) electrons. The molecule has 0 saturated heterocycles. The first-order chi connectivity index (χ1) is 8.67. The number of nitrogens with two attached hydrogens (primary N) is 1. The lowest BCUT2D eigenvalue weighted by Gasteiger charge is -2.12. The van der Waals surface area contributed by atoms with E-state index in [0.29, 0.717) is 25.4 Å². The van der Waals surface area contributed by atoms with E-state index < -0.39 is 0 Å². The topological polar surface area (TPSA) is 73.6 Å². The van der Waals surface area contributed by atoms with Gasteiger partial charge in [-0.2, -0.15) is 0 Å². The molecule has 0 saturated carbocycles. The van der Waals surface area contributed by atoms with Gasteiger partial charge in [-0.1, -0.05) is 12.1 Å². The number of hydrogen-bond donors (Lipinski definition) is 2. The number of amides is 1. The normalized spacial score (nSPS) is 12.2. The quantitative estimate of drug-likeness (QED) is 0.435. The fourth-order valence-electron chi connectivity index (χ4n) is 1.41. The Balaban J connectivity index is 2.41. The summed E-state index contributed by atoms with van der Waals surface area (Å²) < 4.78 is 10.9. The van der Waals surface area contributed by atoms with E-state index in [1.165, 1.54) is 0 Å². The maximum Gasteiger partial charge on any atom is 0.265 e. The molecule has 1 atom stereocenters. The average Bonchev–Trinajstić information content (AvgIpc) is 2.42. The lowest BCUT2D eigenvalue weighted by atomic mass is 10.1. The highest BCUT2D eigenvalue weighted by Gasteiger charge is 2.05. The van der Waals surface area contributed by atoms with Crippen LogP contribution in [0.15, 0.2) is 24.3 Å². The summed E-state index contributed by atoms with van der Waals surface area (Å²) in [5.41, 5.74) is 3.62. The van der Waals surface area contributed by atoms with Gasteiger partial charge in [-0.05, 0) is 31.5 Å². The maximum absolute atomic E-state index is 11.2. The van der Waals surface area contributed by atoms with E-state index in [4.69, 9.17) is 15.3 Å². The summed E-state index contributed by atoms with van der Waals surface area (Å²) in [7, 11) is 0. The first-order valence-corrected chi connectivity index (χ1v) is 5.96. The van der Waals surface area contributed by atoms with Gasteiger partial charge in [0.25, 0.3) is 5.91 Å². The van der Waals surface area contributed by atoms with E-state index in [1.807, 2.05) is 26.0 Å². The minimum absolute atomic E-state index is 0.0527. The van der Waals surface area contributed by atoms with E-state index in [-0.39, 0.29) is 12.0 Å². The minimum atomic E-state index is -0.299. The molecular weight excluding hydrogens is 232 g/mol. The number of carbonyl (C=O) groups excluding carboxylic acids is 1. The summed E-state index contributed by atoms with van der Waals surface area (Å²) >= 11 is 0. The number of nitrogen functional groups attached to an aromatic ring is 1. The largest absolute Gasteiger partial charge is 0.379 e. The van der Waals surface area contributed by atoms with Crippen LogP contribution in [-0.4, -0.2) is 25.2 Å². The second kappa shape index (κ2) is 7.81. The van der Waals surface area contributed by atoms with Crippen LogP contribution >= 0.6 is 0 Å². The monoisotopic (exact) mass is 252 g/mol. The van der Waals surface area contributed by atoms with Crippen molar-refractivity contribution in [3.8, 4) is 0 Å². The van der Waals surface area contributed by atoms with Gasteiger partial charge in [0.2, 0.25) is 0 Å². The molecule has 0 heterocycles. The summed E-state index contributed by atoms with van der Waals surface area (Å²) in [6, 6.07) is 7.12. The lowest BCUT2D eigenvalue weighted by molar-refractivity contribution is -0.0116. The van der Waals surface area contributed by atoms with Gasteiger partial charge in [0.15, 0.2) is 0 Å². The molecule has 1 unspecified atom stereocenters. The highest BCUT2D eigenvalue weighted by Crippen LogP contribution is 2.07. The standard InChI is InChI=1S/C13H20N2O3/c1-3-17-8-10(2)18-9-11-4-6-12(7-5-11)13(16)15-14/h4-7,10H,3,8-9,14H2,1-2H3,(H,15,16). The number of nitrogens with one attached hydrogen (secondary N) is 1. The van der Waals surface area contributed by atoms with Gasteiger partial charge >= 0.3 is 0 Å². The number of rotatable bonds is 7. The lowest BCUT2D eigenvalue weighted by Crippen LogP contribution is -2.29. The third-order valence-electron chi connectivity index (χ3n) is 2.44. The molecule has 5 heteroatoms. The average molecular weight is 252 g/mol. The fourth-order valence-corrected chi connectivity index (χ4v) is 1.41. The summed E-state index contributed by atoms with van der Waals surface area (Å²) in [6.45, 7) is 5.69. The zero-order valence-electron chi connectivity index (χ0n) is 10.8. The highest BCUT2D eigenvalue weighted by molar-refractivity contribution is 5.93. The fraction of sp³-hybridized carbons (Fsp3) is 0.462. The van der Waals surface area contributed by atoms with Crippen LogP contribution in [0.4, 0.5) is 0 Å². The molecule has 0 aromatic heterocycles. The zero-order chi connectivity index (χ0) is 13.4. The van der Waals surface area contributed by atoms with E-state index in [1.54, 1.807) is 12.1 Å². The first-order valence-electron chi connectivity index (χ1n) is 5.96. The van der Waals surface area contributed by atoms with Crippen molar-refractivity contribution in [1.82, 2.24) is 5.43 Å². The Morgan fingerprint density at radius 1 is 1.39 bits per heavy atom. The van der Waals surface area contributed by atoms with Crippen LogP contribution in [0, 0.1) is 0 Å². The molecule has 0 fully saturated rings. The minimum Gasteiger partial charge on any atom is -0.379 e. The predicted octanol–water partition coefficient (Wildman–Crippen LogP) is 1.23. The number of ether oxygens (including phenoxy) is 2. The second-order valence-electron chi connectivity index (χ2n) is 3.95. The molecule has 0 bridgehead atoms. The van der Waals surface area contributed by atoms with Gasteiger partial charge in [-0.15, -0.1) is 0 Å². The van der Waals surface area contributed by atoms with Gasteiger partial charge < -0.3 is 9.47 Å². The molecular formula is C13H20N2O3. The summed E-state index contributed by atoms with van der Waals surface area (Å²) in [4.78, 5) is 11.2. The second-order valence-corrected chi connectivity index (χ2v) is 3.95. The maximum atomic E-state index is 11.2. The van der Waals surface area contributed by atoms with Crippen LogP contribution in [0.1, 0.15) is 29.8 Å². The van der Waals surface area contributed by atoms with Crippen molar-refractivity contribution >= 4 is 5.91 Å². The summed E-state index contributed by atoms with van der Waals surface area (Å²) in [5, 5.41) is 0. The van der Waals surface area contributed by atoms with Crippen molar-refractivity contribution < 1.29 is 14.3 Å². The van der Waals surface area contributed by atoms with Gasteiger partial charge in [-0.25, -0.2) is 5.84 Å². The van der Waals surface area contributed by atoms with Crippen LogP contribution in [0.2, 0.25) is 0 Å². The zero-order valence-corrected chi connectivity index (χ0v) is 10.8. The first kappa shape index (κ1) is 14.6. The number of carbonyl (C=O) groups is 1. The van der Waals surface area contributed by atoms with Crippen molar-refractivity contribution in [2.75, 3.05) is 13.2 Å². The van der Waals surface area contributed by atoms with Crippen LogP contribution in [0.5, 0.6) is 0 Å². The Morgan fingerprint density at radius 2 is 2.06 bits per heavy atom. The number of hydrogen-bond acceptors (Lipinski definition) is 4. The van der Waals surface area contributed by atoms with Crippen molar-refractivity contribution in [2.24, 2.45) is 5.84 Å². The molecule has 18 heavy (non-hydrogen) atoms. The Kier molecular flexibility index (Phi) is 6.35. The third kappa shape index (κ3) is 4.83. The van der Waals surface area contributed by atoms with E-state index in [9.17, 15) is 4.79 Å². The van der Waals surface area contributed by atoms with Gasteiger partial charge in [-0.3, -0.25) is 10.2 Å². The molecule has 0 aliphatic heterocycles. The Labute approximate surface area is 107 Å². The molecule has 100 valence electrons. The van der Waals surface area contributed by atoms with Crippen molar-refractivity contribution in [1.29, 1.82) is 0 Å². The number of hydrazine groups is 1. The van der Waals surface area contributed by atoms with Gasteiger partial charge in [0.05, 0.1) is 19.3 Å². The van der Waals surface area contributed by atoms with Crippen molar-refractivity contribution in [3.05, 3.63) is 35.4 Å². The van der Waals surface area contributed by atoms with Crippen LogP contribution in [0.25, 0.3) is 0 Å². The third-order valence-corrected chi connectivity index (χ3v) is 2.44. The molecule has 0 spiro atoms. The Bertz CT molecular complexity index is 365. The van der Waals surface area contributed by atoms with Crippen LogP contribution < -0.4 is 11.3 Å². The predicted molar refractivity (Wildman–Crippen MR) is 68.8 cm³/mol. The molecule has 1 aromatic rings. The SMILES string of the molecule is CCOCC(C)OCc1ccc(C(=O)NN)cc1.